The molecule has 1 heterocycles. The summed E-state index contributed by atoms with van der Waals surface area (Å²) in [5.74, 6) is -3.08. The van der Waals surface area contributed by atoms with Crippen LogP contribution in [0.4, 0.5) is 5.82 Å². The van der Waals surface area contributed by atoms with Gasteiger partial charge in [0.2, 0.25) is 0 Å². The van der Waals surface area contributed by atoms with E-state index >= 15 is 0 Å². The molecule has 0 amide bonds. The molecule has 1 aromatic carbocycles. The first-order valence-electron chi connectivity index (χ1n) is 7.57. The number of aromatic nitrogens is 1. The summed E-state index contributed by atoms with van der Waals surface area (Å²) in [6, 6.07) is 3.45. The summed E-state index contributed by atoms with van der Waals surface area (Å²) in [6.45, 7) is 0. The van der Waals surface area contributed by atoms with E-state index in [1.807, 2.05) is 0 Å². The Kier molecular flexibility index (Phi) is 3.96. The van der Waals surface area contributed by atoms with Gasteiger partial charge in [0.05, 0.1) is 7.11 Å². The summed E-state index contributed by atoms with van der Waals surface area (Å²) in [7, 11) is 1.40. The maximum Gasteiger partial charge on any atom is 0.342 e. The van der Waals surface area contributed by atoms with Crippen LogP contribution in [0.25, 0.3) is 11.1 Å². The van der Waals surface area contributed by atoms with Crippen LogP contribution in [0.3, 0.4) is 0 Å². The minimum absolute atomic E-state index is 0.232. The van der Waals surface area contributed by atoms with Gasteiger partial charge in [0.15, 0.2) is 0 Å². The summed E-state index contributed by atoms with van der Waals surface area (Å²) >= 11 is 0. The van der Waals surface area contributed by atoms with E-state index in [1.54, 1.807) is 12.1 Å². The van der Waals surface area contributed by atoms with Crippen molar-refractivity contribution in [3.63, 3.8) is 0 Å². The molecule has 1 aliphatic carbocycles. The van der Waals surface area contributed by atoms with Gasteiger partial charge in [-0.05, 0) is 42.5 Å². The second kappa shape index (κ2) is 5.97. The number of hydrogen-bond donors (Lipinski definition) is 4. The van der Waals surface area contributed by atoms with Gasteiger partial charge in [0, 0.05) is 11.1 Å². The zero-order valence-corrected chi connectivity index (χ0v) is 13.4. The first-order chi connectivity index (χ1) is 11.8. The van der Waals surface area contributed by atoms with Crippen LogP contribution < -0.4 is 16.0 Å². The number of nitrogen functional groups attached to an aromatic ring is 1. The number of benzene rings is 1. The molecular weight excluding hydrogens is 328 g/mol. The highest BCUT2D eigenvalue weighted by atomic mass is 16.5. The van der Waals surface area contributed by atoms with Crippen molar-refractivity contribution in [1.29, 1.82) is 0 Å². The highest BCUT2D eigenvalue weighted by Crippen LogP contribution is 2.39. The Morgan fingerprint density at radius 3 is 2.28 bits per heavy atom. The predicted octanol–water partition coefficient (Wildman–Crippen LogP) is 1.52. The summed E-state index contributed by atoms with van der Waals surface area (Å²) in [5, 5.41) is 19.0. The van der Waals surface area contributed by atoms with Gasteiger partial charge >= 0.3 is 11.9 Å². The molecule has 3 rings (SSSR count). The number of carboxylic acid groups (broad SMARTS) is 2. The first-order valence-corrected chi connectivity index (χ1v) is 7.57. The number of rotatable bonds is 4. The fourth-order valence-electron chi connectivity index (χ4n) is 3.28. The number of aromatic carboxylic acids is 2. The van der Waals surface area contributed by atoms with Gasteiger partial charge in [-0.1, -0.05) is 0 Å². The second-order valence-electron chi connectivity index (χ2n) is 5.78. The van der Waals surface area contributed by atoms with E-state index in [0.717, 1.165) is 30.4 Å². The average molecular weight is 344 g/mol. The van der Waals surface area contributed by atoms with Crippen molar-refractivity contribution >= 4 is 17.8 Å². The maximum absolute atomic E-state index is 12.1. The van der Waals surface area contributed by atoms with Gasteiger partial charge < -0.3 is 25.7 Å². The van der Waals surface area contributed by atoms with Crippen LogP contribution in [0.15, 0.2) is 16.9 Å². The summed E-state index contributed by atoms with van der Waals surface area (Å²) in [6.07, 6.45) is 2.59. The van der Waals surface area contributed by atoms with Crippen molar-refractivity contribution in [3.8, 4) is 16.9 Å². The smallest absolute Gasteiger partial charge is 0.342 e. The Morgan fingerprint density at radius 2 is 1.72 bits per heavy atom. The Morgan fingerprint density at radius 1 is 1.12 bits per heavy atom. The third-order valence-corrected chi connectivity index (χ3v) is 4.36. The number of carboxylic acids is 2. The number of aryl methyl sites for hydroxylation is 2. The number of pyridine rings is 1. The third kappa shape index (κ3) is 2.61. The van der Waals surface area contributed by atoms with Gasteiger partial charge in [-0.2, -0.15) is 0 Å². The van der Waals surface area contributed by atoms with Crippen molar-refractivity contribution < 1.29 is 24.5 Å². The lowest BCUT2D eigenvalue weighted by Gasteiger charge is -2.16. The fraction of sp³-hybridized carbons (Fsp3) is 0.235. The lowest BCUT2D eigenvalue weighted by molar-refractivity contribution is 0.0695. The van der Waals surface area contributed by atoms with Crippen LogP contribution in [0.5, 0.6) is 5.75 Å². The van der Waals surface area contributed by atoms with Crippen molar-refractivity contribution in [2.24, 2.45) is 0 Å². The molecule has 8 nitrogen and oxygen atoms in total. The zero-order valence-electron chi connectivity index (χ0n) is 13.4. The molecule has 130 valence electrons. The molecule has 0 bridgehead atoms. The lowest BCUT2D eigenvalue weighted by Crippen LogP contribution is -2.24. The van der Waals surface area contributed by atoms with Crippen LogP contribution in [-0.4, -0.2) is 34.2 Å². The molecule has 1 aromatic heterocycles. The summed E-state index contributed by atoms with van der Waals surface area (Å²) in [5.41, 5.74) is 5.58. The van der Waals surface area contributed by atoms with Crippen molar-refractivity contribution in [3.05, 3.63) is 44.7 Å². The molecule has 0 fully saturated rings. The number of fused-ring (bicyclic) bond motifs is 1. The molecule has 25 heavy (non-hydrogen) atoms. The number of ether oxygens (including phenoxy) is 1. The first kappa shape index (κ1) is 16.6. The van der Waals surface area contributed by atoms with Crippen LogP contribution >= 0.6 is 0 Å². The number of anilines is 1. The second-order valence-corrected chi connectivity index (χ2v) is 5.78. The molecule has 8 heteroatoms. The van der Waals surface area contributed by atoms with Gasteiger partial charge in [0.1, 0.15) is 22.7 Å². The molecule has 5 N–H and O–H groups in total. The Labute approximate surface area is 141 Å². The highest BCUT2D eigenvalue weighted by Gasteiger charge is 2.29. The number of aromatic amines is 1. The fourth-order valence-corrected chi connectivity index (χ4v) is 3.28. The topological polar surface area (TPSA) is 143 Å². The Bertz CT molecular complexity index is 961. The molecular formula is C17H16N2O6. The molecule has 0 radical (unpaired) electrons. The third-order valence-electron chi connectivity index (χ3n) is 4.36. The van der Waals surface area contributed by atoms with E-state index in [2.05, 4.69) is 4.98 Å². The number of hydrogen-bond acceptors (Lipinski definition) is 5. The summed E-state index contributed by atoms with van der Waals surface area (Å²) < 4.78 is 5.34. The van der Waals surface area contributed by atoms with Crippen molar-refractivity contribution in [2.45, 2.75) is 19.3 Å². The molecule has 2 aromatic rings. The van der Waals surface area contributed by atoms with Crippen LogP contribution in [0, 0.1) is 0 Å². The minimum atomic E-state index is -1.54. The van der Waals surface area contributed by atoms with Gasteiger partial charge in [0.25, 0.3) is 5.56 Å². The predicted molar refractivity (Wildman–Crippen MR) is 89.4 cm³/mol. The molecule has 0 unspecified atom stereocenters. The maximum atomic E-state index is 12.1. The Hall–Kier alpha value is -3.29. The largest absolute Gasteiger partial charge is 0.496 e. The molecule has 0 saturated carbocycles. The van der Waals surface area contributed by atoms with Gasteiger partial charge in [-0.3, -0.25) is 4.79 Å². The molecule has 0 atom stereocenters. The molecule has 0 spiro atoms. The lowest BCUT2D eigenvalue weighted by atomic mass is 9.92. The van der Waals surface area contributed by atoms with E-state index in [9.17, 15) is 24.6 Å². The number of nitrogens with one attached hydrogen (secondary N) is 1. The van der Waals surface area contributed by atoms with Crippen LogP contribution in [0.1, 0.15) is 38.3 Å². The van der Waals surface area contributed by atoms with Gasteiger partial charge in [-0.15, -0.1) is 0 Å². The van der Waals surface area contributed by atoms with Crippen molar-refractivity contribution in [1.82, 2.24) is 4.98 Å². The zero-order chi connectivity index (χ0) is 18.3. The SMILES string of the molecule is COc1cc2c(cc1-c1c(C(=O)O)c(N)[nH]c(=O)c1C(=O)O)CCC2. The number of methoxy groups -OCH3 is 1. The number of carbonyl (C=O) groups is 2. The van der Waals surface area contributed by atoms with E-state index < -0.39 is 34.4 Å². The monoisotopic (exact) mass is 344 g/mol. The highest BCUT2D eigenvalue weighted by molar-refractivity contribution is 6.08. The van der Waals surface area contributed by atoms with E-state index in [1.165, 1.54) is 7.11 Å². The van der Waals surface area contributed by atoms with E-state index in [-0.39, 0.29) is 11.1 Å². The van der Waals surface area contributed by atoms with Crippen LogP contribution in [-0.2, 0) is 12.8 Å². The molecule has 1 aliphatic rings. The summed E-state index contributed by atoms with van der Waals surface area (Å²) in [4.78, 5) is 37.6. The van der Waals surface area contributed by atoms with Crippen molar-refractivity contribution in [2.75, 3.05) is 12.8 Å². The molecule has 0 saturated heterocycles. The number of H-pyrrole nitrogens is 1. The quantitative estimate of drug-likeness (QED) is 0.658. The average Bonchev–Trinajstić information content (AvgIpc) is 2.99. The van der Waals surface area contributed by atoms with Gasteiger partial charge in [-0.25, -0.2) is 9.59 Å². The normalized spacial score (nSPS) is 12.7. The van der Waals surface area contributed by atoms with E-state index in [4.69, 9.17) is 10.5 Å². The van der Waals surface area contributed by atoms with E-state index in [0.29, 0.717) is 5.75 Å². The molecule has 0 aliphatic heterocycles. The number of nitrogens with two attached hydrogens (primary N) is 1. The van der Waals surface area contributed by atoms with Crippen LogP contribution in [0.2, 0.25) is 0 Å². The standard InChI is InChI=1S/C17H16N2O6/c1-25-10-6-8-4-2-3-7(8)5-9(10)11-12(16(21)22)14(18)19-15(20)13(11)17(23)24/h5-6H,2-4H2,1H3,(H,21,22)(H,23,24)(H3,18,19,20). The minimum Gasteiger partial charge on any atom is -0.496 e. The Balaban J connectivity index is 2.47.